The molecule has 204 valence electrons. The average molecular weight is 517 g/mol. The van der Waals surface area contributed by atoms with E-state index in [2.05, 4.69) is 23.8 Å². The third-order valence-corrected chi connectivity index (χ3v) is 7.23. The number of aromatic nitrogens is 2. The van der Waals surface area contributed by atoms with Crippen LogP contribution in [0.15, 0.2) is 30.5 Å². The Morgan fingerprint density at radius 1 is 1.05 bits per heavy atom. The highest BCUT2D eigenvalue weighted by molar-refractivity contribution is 5.74. The lowest BCUT2D eigenvalue weighted by atomic mass is 9.88. The van der Waals surface area contributed by atoms with E-state index in [0.717, 1.165) is 31.4 Å². The van der Waals surface area contributed by atoms with Crippen molar-refractivity contribution in [1.82, 2.24) is 9.97 Å². The van der Waals surface area contributed by atoms with E-state index >= 15 is 0 Å². The monoisotopic (exact) mass is 516 g/mol. The molecule has 1 heterocycles. The van der Waals surface area contributed by atoms with Crippen molar-refractivity contribution in [2.75, 3.05) is 6.61 Å². The van der Waals surface area contributed by atoms with Crippen molar-refractivity contribution in [3.05, 3.63) is 42.0 Å². The fourth-order valence-electron chi connectivity index (χ4n) is 4.75. The Morgan fingerprint density at radius 2 is 1.81 bits per heavy atom. The van der Waals surface area contributed by atoms with Gasteiger partial charge in [0.2, 0.25) is 0 Å². The van der Waals surface area contributed by atoms with Gasteiger partial charge in [-0.3, -0.25) is 0 Å². The van der Waals surface area contributed by atoms with Gasteiger partial charge in [0.15, 0.2) is 23.6 Å². The molecular weight excluding hydrogens is 474 g/mol. The first-order valence-electron chi connectivity index (χ1n) is 14.0. The van der Waals surface area contributed by atoms with Crippen LogP contribution >= 0.6 is 0 Å². The molecule has 2 aromatic rings. The Labute approximate surface area is 220 Å². The first kappa shape index (κ1) is 29.0. The van der Waals surface area contributed by atoms with E-state index in [-0.39, 0.29) is 24.2 Å². The quantitative estimate of drug-likeness (QED) is 0.188. The largest absolute Gasteiger partial charge is 0.490 e. The molecule has 0 radical (unpaired) electrons. The third kappa shape index (κ3) is 9.04. The number of carbonyl (C=O) groups excluding carboxylic acids is 1. The number of halogens is 2. The zero-order valence-electron chi connectivity index (χ0n) is 22.6. The lowest BCUT2D eigenvalue weighted by molar-refractivity contribution is -0.157. The van der Waals surface area contributed by atoms with Crippen LogP contribution in [0.1, 0.15) is 103 Å². The van der Waals surface area contributed by atoms with E-state index in [4.69, 9.17) is 9.47 Å². The Hall–Kier alpha value is -2.57. The molecule has 0 aliphatic heterocycles. The van der Waals surface area contributed by atoms with Gasteiger partial charge in [-0.15, -0.1) is 0 Å². The van der Waals surface area contributed by atoms with Crippen molar-refractivity contribution in [2.45, 2.75) is 110 Å². The van der Waals surface area contributed by atoms with Crippen molar-refractivity contribution in [1.29, 1.82) is 0 Å². The van der Waals surface area contributed by atoms with Gasteiger partial charge in [0.1, 0.15) is 6.10 Å². The van der Waals surface area contributed by atoms with Crippen LogP contribution in [-0.4, -0.2) is 34.8 Å². The van der Waals surface area contributed by atoms with Crippen molar-refractivity contribution < 1.29 is 23.0 Å². The van der Waals surface area contributed by atoms with E-state index in [0.29, 0.717) is 43.2 Å². The zero-order chi connectivity index (χ0) is 26.6. The van der Waals surface area contributed by atoms with E-state index < -0.39 is 18.0 Å². The average Bonchev–Trinajstić information content (AvgIpc) is 2.92. The van der Waals surface area contributed by atoms with Crippen LogP contribution in [-0.2, 0) is 9.53 Å². The Bertz CT molecular complexity index is 979. The molecule has 0 saturated heterocycles. The number of nitrogens with zero attached hydrogens (tertiary/aromatic N) is 2. The predicted molar refractivity (Wildman–Crippen MR) is 142 cm³/mol. The normalized spacial score (nSPS) is 19.3. The number of rotatable bonds is 14. The second-order valence-corrected chi connectivity index (χ2v) is 10.3. The number of hydrogen-bond donors (Lipinski definition) is 0. The molecule has 0 spiro atoms. The van der Waals surface area contributed by atoms with E-state index in [1.54, 1.807) is 18.3 Å². The topological polar surface area (TPSA) is 61.3 Å². The number of carbonyl (C=O) groups is 1. The lowest BCUT2D eigenvalue weighted by Gasteiger charge is -2.28. The van der Waals surface area contributed by atoms with Gasteiger partial charge < -0.3 is 9.47 Å². The predicted octanol–water partition coefficient (Wildman–Crippen LogP) is 7.98. The van der Waals surface area contributed by atoms with Gasteiger partial charge in [0.25, 0.3) is 0 Å². The Balaban J connectivity index is 1.48. The highest BCUT2D eigenvalue weighted by atomic mass is 19.1. The molecule has 1 aromatic heterocycles. The number of ether oxygens (including phenoxy) is 2. The molecule has 0 amide bonds. The second-order valence-electron chi connectivity index (χ2n) is 10.3. The summed E-state index contributed by atoms with van der Waals surface area (Å²) in [4.78, 5) is 20.9. The van der Waals surface area contributed by atoms with Crippen molar-refractivity contribution >= 4 is 5.97 Å². The van der Waals surface area contributed by atoms with E-state index in [1.165, 1.54) is 25.3 Å². The van der Waals surface area contributed by atoms with Gasteiger partial charge in [-0.05, 0) is 74.6 Å². The highest BCUT2D eigenvalue weighted by Crippen LogP contribution is 2.30. The summed E-state index contributed by atoms with van der Waals surface area (Å²) in [7, 11) is 0. The summed E-state index contributed by atoms with van der Waals surface area (Å²) >= 11 is 0. The summed E-state index contributed by atoms with van der Waals surface area (Å²) in [6, 6.07) is 6.79. The van der Waals surface area contributed by atoms with Crippen molar-refractivity contribution in [3.8, 4) is 17.1 Å². The lowest BCUT2D eigenvalue weighted by Crippen LogP contribution is -2.30. The van der Waals surface area contributed by atoms with Crippen molar-refractivity contribution in [2.24, 2.45) is 5.92 Å². The maximum atomic E-state index is 14.9. The van der Waals surface area contributed by atoms with Gasteiger partial charge in [-0.2, -0.15) is 0 Å². The minimum atomic E-state index is -1.53. The SMILES string of the molecule is CCCCCC(C)c1ccnc(-c2ccc(OCC3CCC(OC(=O)[C@@H](F)CCCC)CC3)c(F)c2)n1. The molecule has 7 heteroatoms. The number of esters is 1. The van der Waals surface area contributed by atoms with Crippen LogP contribution in [0.4, 0.5) is 8.78 Å². The molecule has 1 aromatic carbocycles. The summed E-state index contributed by atoms with van der Waals surface area (Å²) in [6.45, 7) is 6.71. The molecule has 1 unspecified atom stereocenters. The zero-order valence-corrected chi connectivity index (χ0v) is 22.6. The molecule has 1 saturated carbocycles. The maximum absolute atomic E-state index is 14.9. The van der Waals surface area contributed by atoms with E-state index in [1.807, 2.05) is 13.0 Å². The molecule has 1 fully saturated rings. The fourth-order valence-corrected chi connectivity index (χ4v) is 4.75. The minimum Gasteiger partial charge on any atom is -0.490 e. The maximum Gasteiger partial charge on any atom is 0.340 e. The van der Waals surface area contributed by atoms with Crippen molar-refractivity contribution in [3.63, 3.8) is 0 Å². The Morgan fingerprint density at radius 3 is 2.51 bits per heavy atom. The second kappa shape index (κ2) is 15.0. The summed E-state index contributed by atoms with van der Waals surface area (Å²) in [5.41, 5.74) is 1.60. The summed E-state index contributed by atoms with van der Waals surface area (Å²) in [5.74, 6) is 0.117. The van der Waals surface area contributed by atoms with E-state index in [9.17, 15) is 13.6 Å². The first-order valence-corrected chi connectivity index (χ1v) is 14.0. The van der Waals surface area contributed by atoms with Crippen LogP contribution < -0.4 is 4.74 Å². The first-order chi connectivity index (χ1) is 17.9. The van der Waals surface area contributed by atoms with Crippen LogP contribution in [0.2, 0.25) is 0 Å². The van der Waals surface area contributed by atoms with Gasteiger partial charge in [-0.1, -0.05) is 52.9 Å². The molecular formula is C30H42F2N2O3. The molecule has 1 aliphatic carbocycles. The molecule has 3 rings (SSSR count). The fraction of sp³-hybridized carbons (Fsp3) is 0.633. The summed E-state index contributed by atoms with van der Waals surface area (Å²) < 4.78 is 39.9. The Kier molecular flexibility index (Phi) is 11.7. The van der Waals surface area contributed by atoms with Gasteiger partial charge >= 0.3 is 5.97 Å². The van der Waals surface area contributed by atoms with Crippen LogP contribution in [0.25, 0.3) is 11.4 Å². The number of unbranched alkanes of at least 4 members (excludes halogenated alkanes) is 3. The number of alkyl halides is 1. The van der Waals surface area contributed by atoms with Crippen LogP contribution in [0.3, 0.4) is 0 Å². The summed E-state index contributed by atoms with van der Waals surface area (Å²) in [6.07, 6.45) is 9.28. The number of hydrogen-bond acceptors (Lipinski definition) is 5. The van der Waals surface area contributed by atoms with Crippen LogP contribution in [0, 0.1) is 11.7 Å². The molecule has 0 bridgehead atoms. The smallest absolute Gasteiger partial charge is 0.340 e. The van der Waals surface area contributed by atoms with Gasteiger partial charge in [0.05, 0.1) is 6.61 Å². The number of benzene rings is 1. The molecule has 5 nitrogen and oxygen atoms in total. The molecule has 37 heavy (non-hydrogen) atoms. The van der Waals surface area contributed by atoms with Gasteiger partial charge in [-0.25, -0.2) is 23.5 Å². The molecule has 1 aliphatic rings. The minimum absolute atomic E-state index is 0.206. The van der Waals surface area contributed by atoms with Gasteiger partial charge in [0, 0.05) is 17.5 Å². The van der Waals surface area contributed by atoms with Crippen LogP contribution in [0.5, 0.6) is 5.75 Å². The third-order valence-electron chi connectivity index (χ3n) is 7.23. The molecule has 0 N–H and O–H groups in total. The standard InChI is InChI=1S/C30H42F2N2O3/c1-4-6-8-9-21(3)27-17-18-33-29(34-27)23-13-16-28(26(32)19-23)36-20-22-11-14-24(15-12-22)37-30(35)25(31)10-7-5-2/h13,16-19,21-22,24-25H,4-12,14-15,20H2,1-3H3/t21?,22?,24?,25-/m0/s1. The summed E-state index contributed by atoms with van der Waals surface area (Å²) in [5, 5.41) is 0. The highest BCUT2D eigenvalue weighted by Gasteiger charge is 2.27. The molecule has 2 atom stereocenters.